The van der Waals surface area contributed by atoms with Crippen LogP contribution in [0.2, 0.25) is 0 Å². The third-order valence-electron chi connectivity index (χ3n) is 4.63. The zero-order valence-electron chi connectivity index (χ0n) is 13.2. The Hall–Kier alpha value is -2.05. The normalized spacial score (nSPS) is 22.8. The number of phenolic OH excluding ortho intramolecular Hbond substituents is 1. The van der Waals surface area contributed by atoms with Crippen LogP contribution < -0.4 is 15.5 Å². The van der Waals surface area contributed by atoms with Gasteiger partial charge >= 0.3 is 0 Å². The molecule has 0 spiro atoms. The topological polar surface area (TPSA) is 65.8 Å². The number of likely N-dealkylation sites (N-methyl/N-ethyl adjacent to an activating group) is 1. The van der Waals surface area contributed by atoms with Gasteiger partial charge in [0.15, 0.2) is 0 Å². The number of thiophene rings is 1. The number of benzene rings is 1. The van der Waals surface area contributed by atoms with E-state index in [1.54, 1.807) is 17.4 Å². The van der Waals surface area contributed by atoms with Gasteiger partial charge in [0, 0.05) is 12.0 Å². The van der Waals surface area contributed by atoms with E-state index < -0.39 is 0 Å². The summed E-state index contributed by atoms with van der Waals surface area (Å²) < 4.78 is 0. The highest BCUT2D eigenvalue weighted by Crippen LogP contribution is 2.40. The molecule has 0 saturated carbocycles. The standard InChI is InChI=1S/C17H19N3O2S/c1-9-3-4-10(12(21)7-9)15-18-16(22)14-11-5-6-20(2)8-13(11)23-17(14)19-15/h3-4,7,15,19,21H,5-6,8H2,1-2H3,(H,18,22)/p+1. The Morgan fingerprint density at radius 3 is 2.96 bits per heavy atom. The van der Waals surface area contributed by atoms with E-state index in [0.717, 1.165) is 35.6 Å². The second kappa shape index (κ2) is 5.25. The van der Waals surface area contributed by atoms with Crippen LogP contribution in [-0.2, 0) is 13.0 Å². The molecular formula is C17H20N3O2S+. The Labute approximate surface area is 138 Å². The molecule has 0 saturated heterocycles. The van der Waals surface area contributed by atoms with Crippen molar-refractivity contribution in [2.45, 2.75) is 26.1 Å². The minimum Gasteiger partial charge on any atom is -0.508 e. The summed E-state index contributed by atoms with van der Waals surface area (Å²) in [5, 5.41) is 17.5. The number of hydrogen-bond donors (Lipinski definition) is 4. The van der Waals surface area contributed by atoms with Gasteiger partial charge in [-0.2, -0.15) is 0 Å². The van der Waals surface area contributed by atoms with Crippen LogP contribution in [0.15, 0.2) is 18.2 Å². The molecule has 1 amide bonds. The number of anilines is 1. The number of rotatable bonds is 1. The van der Waals surface area contributed by atoms with Crippen LogP contribution in [0.5, 0.6) is 5.75 Å². The van der Waals surface area contributed by atoms with E-state index >= 15 is 0 Å². The van der Waals surface area contributed by atoms with Crippen molar-refractivity contribution in [2.24, 2.45) is 0 Å². The van der Waals surface area contributed by atoms with Crippen molar-refractivity contribution in [2.75, 3.05) is 18.9 Å². The molecule has 1 aromatic heterocycles. The molecule has 6 heteroatoms. The van der Waals surface area contributed by atoms with Crippen LogP contribution >= 0.6 is 11.3 Å². The first-order valence-corrected chi connectivity index (χ1v) is 8.67. The molecule has 4 N–H and O–H groups in total. The smallest absolute Gasteiger partial charge is 0.256 e. The van der Waals surface area contributed by atoms with Gasteiger partial charge in [-0.05, 0) is 24.1 Å². The number of quaternary nitrogens is 1. The fourth-order valence-electron chi connectivity index (χ4n) is 3.39. The molecule has 4 rings (SSSR count). The van der Waals surface area contributed by atoms with Crippen molar-refractivity contribution in [1.82, 2.24) is 5.32 Å². The van der Waals surface area contributed by atoms with Crippen LogP contribution in [0.3, 0.4) is 0 Å². The highest BCUT2D eigenvalue weighted by molar-refractivity contribution is 7.16. The first-order valence-electron chi connectivity index (χ1n) is 7.85. The summed E-state index contributed by atoms with van der Waals surface area (Å²) in [6, 6.07) is 5.52. The summed E-state index contributed by atoms with van der Waals surface area (Å²) in [7, 11) is 2.18. The van der Waals surface area contributed by atoms with Crippen molar-refractivity contribution < 1.29 is 14.8 Å². The predicted molar refractivity (Wildman–Crippen MR) is 90.2 cm³/mol. The molecule has 0 aliphatic carbocycles. The molecule has 2 atom stereocenters. The Morgan fingerprint density at radius 1 is 1.35 bits per heavy atom. The molecule has 0 bridgehead atoms. The predicted octanol–water partition coefficient (Wildman–Crippen LogP) is 1.19. The van der Waals surface area contributed by atoms with Gasteiger partial charge in [-0.25, -0.2) is 0 Å². The summed E-state index contributed by atoms with van der Waals surface area (Å²) in [5.41, 5.74) is 3.70. The Bertz CT molecular complexity index is 799. The van der Waals surface area contributed by atoms with Crippen molar-refractivity contribution in [3.63, 3.8) is 0 Å². The first-order chi connectivity index (χ1) is 11.0. The van der Waals surface area contributed by atoms with E-state index in [0.29, 0.717) is 5.56 Å². The molecule has 0 radical (unpaired) electrons. The van der Waals surface area contributed by atoms with E-state index in [-0.39, 0.29) is 17.8 Å². The monoisotopic (exact) mass is 330 g/mol. The number of amides is 1. The number of fused-ring (bicyclic) bond motifs is 3. The van der Waals surface area contributed by atoms with Gasteiger partial charge in [0.2, 0.25) is 0 Å². The van der Waals surface area contributed by atoms with E-state index in [1.807, 2.05) is 19.1 Å². The average Bonchev–Trinajstić information content (AvgIpc) is 2.84. The Kier molecular flexibility index (Phi) is 3.32. The van der Waals surface area contributed by atoms with E-state index in [1.165, 1.54) is 15.3 Å². The third kappa shape index (κ3) is 2.38. The molecule has 5 nitrogen and oxygen atoms in total. The van der Waals surface area contributed by atoms with Gasteiger partial charge in [-0.1, -0.05) is 12.1 Å². The summed E-state index contributed by atoms with van der Waals surface area (Å²) in [6.07, 6.45) is 0.559. The van der Waals surface area contributed by atoms with Gasteiger partial charge in [0.05, 0.1) is 24.0 Å². The fraction of sp³-hybridized carbons (Fsp3) is 0.353. The quantitative estimate of drug-likeness (QED) is 0.635. The van der Waals surface area contributed by atoms with Crippen LogP contribution in [0.1, 0.15) is 38.1 Å². The molecule has 2 aliphatic heterocycles. The lowest BCUT2D eigenvalue weighted by Gasteiger charge is -2.27. The molecule has 1 aromatic carbocycles. The summed E-state index contributed by atoms with van der Waals surface area (Å²) >= 11 is 1.68. The molecule has 2 unspecified atom stereocenters. The number of hydrogen-bond acceptors (Lipinski definition) is 4. The lowest BCUT2D eigenvalue weighted by molar-refractivity contribution is -0.895. The van der Waals surface area contributed by atoms with Crippen molar-refractivity contribution in [3.8, 4) is 5.75 Å². The minimum atomic E-state index is -0.388. The molecule has 2 aliphatic rings. The summed E-state index contributed by atoms with van der Waals surface area (Å²) in [5.74, 6) is 0.164. The second-order valence-electron chi connectivity index (χ2n) is 6.45. The number of phenols is 1. The number of aryl methyl sites for hydroxylation is 1. The van der Waals surface area contributed by atoms with Gasteiger partial charge in [-0.3, -0.25) is 4.79 Å². The molecule has 3 heterocycles. The van der Waals surface area contributed by atoms with Crippen LogP contribution in [-0.4, -0.2) is 24.6 Å². The van der Waals surface area contributed by atoms with Gasteiger partial charge < -0.3 is 20.6 Å². The zero-order chi connectivity index (χ0) is 16.1. The van der Waals surface area contributed by atoms with E-state index in [2.05, 4.69) is 17.7 Å². The molecule has 2 aromatic rings. The van der Waals surface area contributed by atoms with Crippen LogP contribution in [0.25, 0.3) is 0 Å². The Morgan fingerprint density at radius 2 is 2.17 bits per heavy atom. The maximum atomic E-state index is 12.6. The van der Waals surface area contributed by atoms with Crippen molar-refractivity contribution >= 4 is 22.2 Å². The number of carbonyl (C=O) groups excluding carboxylic acids is 1. The second-order valence-corrected chi connectivity index (χ2v) is 7.56. The van der Waals surface area contributed by atoms with Gasteiger partial charge in [-0.15, -0.1) is 11.3 Å². The van der Waals surface area contributed by atoms with Crippen LogP contribution in [0, 0.1) is 6.92 Å². The molecule has 120 valence electrons. The molecule has 0 fully saturated rings. The number of aromatic hydroxyl groups is 1. The molecular weight excluding hydrogens is 310 g/mol. The van der Waals surface area contributed by atoms with Gasteiger partial charge in [0.25, 0.3) is 5.91 Å². The summed E-state index contributed by atoms with van der Waals surface area (Å²) in [4.78, 5) is 15.4. The van der Waals surface area contributed by atoms with Crippen molar-refractivity contribution in [1.29, 1.82) is 0 Å². The average molecular weight is 330 g/mol. The highest BCUT2D eigenvalue weighted by Gasteiger charge is 2.34. The number of carbonyl (C=O) groups is 1. The van der Waals surface area contributed by atoms with E-state index in [9.17, 15) is 9.90 Å². The maximum Gasteiger partial charge on any atom is 0.256 e. The van der Waals surface area contributed by atoms with Crippen LogP contribution in [0.4, 0.5) is 5.00 Å². The highest BCUT2D eigenvalue weighted by atomic mass is 32.1. The lowest BCUT2D eigenvalue weighted by atomic mass is 10.00. The number of nitrogens with one attached hydrogen (secondary N) is 3. The lowest BCUT2D eigenvalue weighted by Crippen LogP contribution is -3.08. The minimum absolute atomic E-state index is 0.0409. The Balaban J connectivity index is 1.71. The first kappa shape index (κ1) is 14.5. The third-order valence-corrected chi connectivity index (χ3v) is 5.79. The van der Waals surface area contributed by atoms with E-state index in [4.69, 9.17) is 0 Å². The maximum absolute atomic E-state index is 12.6. The zero-order valence-corrected chi connectivity index (χ0v) is 14.0. The fourth-order valence-corrected chi connectivity index (χ4v) is 4.77. The SMILES string of the molecule is Cc1ccc(C2NC(=O)c3c(sc4c3CC[NH+](C)C4)N2)c(O)c1. The summed E-state index contributed by atoms with van der Waals surface area (Å²) in [6.45, 7) is 3.97. The molecule has 23 heavy (non-hydrogen) atoms. The van der Waals surface area contributed by atoms with Gasteiger partial charge in [0.1, 0.15) is 23.5 Å². The van der Waals surface area contributed by atoms with Crippen molar-refractivity contribution in [3.05, 3.63) is 45.3 Å². The largest absolute Gasteiger partial charge is 0.508 e.